The standard InChI is InChI=1S/C15H6ClF21O2/c1-4(16)5(38)39-3-2-6(17,18)7(19,20)8(21,22)9(23,24)10(25,26)11(27,28)12(29,30)13(31,32)14(33,34)15(35,36)37/h1-3H2. The molecule has 0 aliphatic rings. The fraction of sp³-hybridized carbons (Fsp3) is 0.800. The first-order chi connectivity index (χ1) is 16.6. The predicted molar refractivity (Wildman–Crippen MR) is 81.1 cm³/mol. The van der Waals surface area contributed by atoms with Gasteiger partial charge in [-0.3, -0.25) is 0 Å². The summed E-state index contributed by atoms with van der Waals surface area (Å²) < 4.78 is 280. The Bertz CT molecular complexity index is 934. The Kier molecular flexibility index (Phi) is 9.34. The average molecular weight is 653 g/mol. The molecule has 0 aromatic carbocycles. The minimum atomic E-state index is -9.23. The quantitative estimate of drug-likeness (QED) is 0.122. The highest BCUT2D eigenvalue weighted by Gasteiger charge is 2.97. The van der Waals surface area contributed by atoms with Crippen molar-refractivity contribution in [2.45, 2.75) is 65.9 Å². The maximum Gasteiger partial charge on any atom is 0.460 e. The molecule has 0 spiro atoms. The van der Waals surface area contributed by atoms with Crippen LogP contribution in [0.4, 0.5) is 92.2 Å². The summed E-state index contributed by atoms with van der Waals surface area (Å²) in [4.78, 5) is 10.8. The minimum absolute atomic E-state index is 1.21. The molecular formula is C15H6ClF21O2. The van der Waals surface area contributed by atoms with Crippen LogP contribution in [0.3, 0.4) is 0 Å². The third-order valence-corrected chi connectivity index (χ3v) is 4.60. The highest BCUT2D eigenvalue weighted by Crippen LogP contribution is 2.66. The maximum atomic E-state index is 13.6. The van der Waals surface area contributed by atoms with Crippen molar-refractivity contribution < 1.29 is 102 Å². The molecule has 0 amide bonds. The molecule has 0 heterocycles. The molecule has 0 radical (unpaired) electrons. The number of hydrogen-bond acceptors (Lipinski definition) is 2. The molecule has 0 atom stereocenters. The largest absolute Gasteiger partial charge is 0.461 e. The van der Waals surface area contributed by atoms with Crippen LogP contribution in [0.25, 0.3) is 0 Å². The number of carbonyl (C=O) groups is 1. The van der Waals surface area contributed by atoms with E-state index in [1.807, 2.05) is 0 Å². The zero-order valence-corrected chi connectivity index (χ0v) is 18.0. The van der Waals surface area contributed by atoms with Gasteiger partial charge in [-0.25, -0.2) is 4.79 Å². The normalized spacial score (nSPS) is 15.8. The van der Waals surface area contributed by atoms with Gasteiger partial charge in [0, 0.05) is 0 Å². The summed E-state index contributed by atoms with van der Waals surface area (Å²) in [6.07, 6.45) is -11.1. The molecule has 0 aromatic heterocycles. The lowest BCUT2D eigenvalue weighted by molar-refractivity contribution is -0.474. The van der Waals surface area contributed by atoms with Crippen molar-refractivity contribution in [2.24, 2.45) is 0 Å². The fourth-order valence-corrected chi connectivity index (χ4v) is 2.15. The van der Waals surface area contributed by atoms with Crippen LogP contribution in [0.1, 0.15) is 6.42 Å². The summed E-state index contributed by atoms with van der Waals surface area (Å²) >= 11 is 4.81. The number of halogens is 22. The van der Waals surface area contributed by atoms with Gasteiger partial charge in [0.05, 0.1) is 13.0 Å². The number of carbonyl (C=O) groups excluding carboxylic acids is 1. The Morgan fingerprint density at radius 3 is 1.03 bits per heavy atom. The molecule has 0 aliphatic carbocycles. The van der Waals surface area contributed by atoms with Gasteiger partial charge in [-0.2, -0.15) is 92.2 Å². The van der Waals surface area contributed by atoms with E-state index in [2.05, 4.69) is 11.3 Å². The predicted octanol–water partition coefficient (Wildman–Crippen LogP) is 7.95. The van der Waals surface area contributed by atoms with Gasteiger partial charge in [-0.05, 0) is 0 Å². The van der Waals surface area contributed by atoms with Crippen molar-refractivity contribution in [3.63, 3.8) is 0 Å². The zero-order chi connectivity index (χ0) is 32.3. The van der Waals surface area contributed by atoms with Gasteiger partial charge >= 0.3 is 65.4 Å². The molecule has 0 rings (SSSR count). The lowest BCUT2D eigenvalue weighted by atomic mass is 9.86. The molecule has 0 saturated heterocycles. The van der Waals surface area contributed by atoms with Crippen LogP contribution in [-0.2, 0) is 9.53 Å². The molecular weight excluding hydrogens is 647 g/mol. The van der Waals surface area contributed by atoms with Crippen LogP contribution in [0, 0.1) is 0 Å². The van der Waals surface area contributed by atoms with E-state index in [4.69, 9.17) is 11.6 Å². The van der Waals surface area contributed by atoms with Crippen molar-refractivity contribution >= 4 is 17.6 Å². The third-order valence-electron chi connectivity index (χ3n) is 4.45. The van der Waals surface area contributed by atoms with Gasteiger partial charge in [0.2, 0.25) is 0 Å². The Morgan fingerprint density at radius 2 is 0.769 bits per heavy atom. The van der Waals surface area contributed by atoms with Crippen LogP contribution in [0.15, 0.2) is 11.6 Å². The number of esters is 1. The summed E-state index contributed by atoms with van der Waals surface area (Å²) in [5.41, 5.74) is 0. The van der Waals surface area contributed by atoms with E-state index in [9.17, 15) is 97.0 Å². The second-order valence-corrected chi connectivity index (χ2v) is 7.54. The van der Waals surface area contributed by atoms with E-state index in [-0.39, 0.29) is 0 Å². The highest BCUT2D eigenvalue weighted by atomic mass is 35.5. The Hall–Kier alpha value is -1.97. The second kappa shape index (κ2) is 9.84. The van der Waals surface area contributed by atoms with Gasteiger partial charge in [-0.15, -0.1) is 0 Å². The molecule has 0 saturated carbocycles. The van der Waals surface area contributed by atoms with E-state index >= 15 is 0 Å². The van der Waals surface area contributed by atoms with E-state index in [1.54, 1.807) is 0 Å². The van der Waals surface area contributed by atoms with Crippen molar-refractivity contribution in [1.29, 1.82) is 0 Å². The SMILES string of the molecule is C=C(Cl)C(=O)OCCC(F)(F)C(F)(F)C(F)(F)C(F)(F)C(F)(F)C(F)(F)C(F)(F)C(F)(F)C(F)(F)C(F)(F)F. The molecule has 2 nitrogen and oxygen atoms in total. The van der Waals surface area contributed by atoms with Crippen molar-refractivity contribution in [3.05, 3.63) is 11.6 Å². The van der Waals surface area contributed by atoms with E-state index < -0.39 is 83.5 Å². The first-order valence-corrected chi connectivity index (χ1v) is 8.94. The first kappa shape index (κ1) is 37.0. The topological polar surface area (TPSA) is 26.3 Å². The van der Waals surface area contributed by atoms with Gasteiger partial charge in [-0.1, -0.05) is 18.2 Å². The Morgan fingerprint density at radius 1 is 0.513 bits per heavy atom. The van der Waals surface area contributed by atoms with Gasteiger partial charge < -0.3 is 4.74 Å². The molecule has 24 heteroatoms. The van der Waals surface area contributed by atoms with Gasteiger partial charge in [0.15, 0.2) is 0 Å². The number of rotatable bonds is 12. The van der Waals surface area contributed by atoms with E-state index in [1.165, 1.54) is 0 Å². The van der Waals surface area contributed by atoms with Crippen LogP contribution in [-0.4, -0.2) is 72.1 Å². The summed E-state index contributed by atoms with van der Waals surface area (Å²) in [6, 6.07) is 0. The Labute approximate surface area is 204 Å². The average Bonchev–Trinajstić information content (AvgIpc) is 2.71. The first-order valence-electron chi connectivity index (χ1n) is 8.56. The Balaban J connectivity index is 6.78. The molecule has 232 valence electrons. The second-order valence-electron chi connectivity index (χ2n) is 7.09. The summed E-state index contributed by atoms with van der Waals surface area (Å²) in [6.45, 7) is 0.340. The number of ether oxygens (including phenoxy) is 1. The van der Waals surface area contributed by atoms with Gasteiger partial charge in [0.25, 0.3) is 0 Å². The van der Waals surface area contributed by atoms with Gasteiger partial charge in [0.1, 0.15) is 5.03 Å². The van der Waals surface area contributed by atoms with E-state index in [0.29, 0.717) is 0 Å². The molecule has 0 bridgehead atoms. The van der Waals surface area contributed by atoms with Crippen LogP contribution < -0.4 is 0 Å². The van der Waals surface area contributed by atoms with Crippen molar-refractivity contribution in [1.82, 2.24) is 0 Å². The summed E-state index contributed by atoms with van der Waals surface area (Å²) in [7, 11) is 0. The third kappa shape index (κ3) is 5.15. The highest BCUT2D eigenvalue weighted by molar-refractivity contribution is 6.40. The molecule has 0 fully saturated rings. The van der Waals surface area contributed by atoms with Crippen molar-refractivity contribution in [2.75, 3.05) is 6.61 Å². The molecule has 0 N–H and O–H groups in total. The summed E-state index contributed by atoms with van der Waals surface area (Å²) in [5, 5.41) is -1.21. The lowest BCUT2D eigenvalue weighted by Gasteiger charge is -2.44. The minimum Gasteiger partial charge on any atom is -0.461 e. The number of hydrogen-bond donors (Lipinski definition) is 0. The van der Waals surface area contributed by atoms with Crippen LogP contribution >= 0.6 is 11.6 Å². The number of alkyl halides is 21. The monoisotopic (exact) mass is 652 g/mol. The van der Waals surface area contributed by atoms with Crippen LogP contribution in [0.2, 0.25) is 0 Å². The van der Waals surface area contributed by atoms with Crippen LogP contribution in [0.5, 0.6) is 0 Å². The molecule has 0 aliphatic heterocycles. The fourth-order valence-electron chi connectivity index (χ4n) is 2.10. The van der Waals surface area contributed by atoms with Crippen molar-refractivity contribution in [3.8, 4) is 0 Å². The molecule has 0 unspecified atom stereocenters. The zero-order valence-electron chi connectivity index (χ0n) is 17.3. The van der Waals surface area contributed by atoms with E-state index in [0.717, 1.165) is 0 Å². The lowest BCUT2D eigenvalue weighted by Crippen LogP contribution is -2.76. The summed E-state index contributed by atoms with van der Waals surface area (Å²) in [5.74, 6) is -79.6. The maximum absolute atomic E-state index is 13.6. The molecule has 0 aromatic rings. The molecule has 39 heavy (non-hydrogen) atoms. The smallest absolute Gasteiger partial charge is 0.460 e.